The zero-order chi connectivity index (χ0) is 12.3. The Hall–Kier alpha value is -0.340. The average Bonchev–Trinajstić information content (AvgIpc) is 2.91. The molecule has 0 radical (unpaired) electrons. The molecule has 3 aliphatic rings. The molecule has 0 atom stereocenters. The second kappa shape index (κ2) is 5.75. The molecule has 1 saturated heterocycles. The molecule has 2 heteroatoms. The lowest BCUT2D eigenvalue weighted by molar-refractivity contribution is 0.100. The van der Waals surface area contributed by atoms with Crippen molar-refractivity contribution in [3.8, 4) is 0 Å². The van der Waals surface area contributed by atoms with Crippen LogP contribution in [0.1, 0.15) is 57.8 Å². The maximum absolute atomic E-state index is 3.84. The lowest BCUT2D eigenvalue weighted by Crippen LogP contribution is -2.61. The first kappa shape index (κ1) is 12.7. The second-order valence-electron chi connectivity index (χ2n) is 6.55. The maximum atomic E-state index is 3.84. The van der Waals surface area contributed by atoms with Gasteiger partial charge in [0.2, 0.25) is 0 Å². The Kier molecular flexibility index (Phi) is 4.05. The third-order valence-electron chi connectivity index (χ3n) is 5.15. The van der Waals surface area contributed by atoms with Gasteiger partial charge in [-0.25, -0.2) is 0 Å². The van der Waals surface area contributed by atoms with Crippen LogP contribution in [0.3, 0.4) is 0 Å². The van der Waals surface area contributed by atoms with Crippen LogP contribution in [-0.2, 0) is 0 Å². The maximum Gasteiger partial charge on any atom is 0.0309 e. The summed E-state index contributed by atoms with van der Waals surface area (Å²) in [5.41, 5.74) is 2.21. The Morgan fingerprint density at radius 2 is 2.06 bits per heavy atom. The van der Waals surface area contributed by atoms with E-state index in [9.17, 15) is 0 Å². The number of allylic oxidation sites excluding steroid dienone is 1. The zero-order valence-electron chi connectivity index (χ0n) is 11.7. The van der Waals surface area contributed by atoms with E-state index in [1.165, 1.54) is 84.0 Å². The van der Waals surface area contributed by atoms with Gasteiger partial charge in [0.25, 0.3) is 0 Å². The van der Waals surface area contributed by atoms with E-state index in [1.54, 1.807) is 5.57 Å². The Bertz CT molecular complexity index is 297. The van der Waals surface area contributed by atoms with Gasteiger partial charge in [-0.2, -0.15) is 0 Å². The predicted octanol–water partition coefficient (Wildman–Crippen LogP) is 3.09. The van der Waals surface area contributed by atoms with Gasteiger partial charge in [-0.15, -0.1) is 0 Å². The summed E-state index contributed by atoms with van der Waals surface area (Å²) in [6.45, 7) is 5.07. The molecule has 1 N–H and O–H groups in total. The molecule has 1 aliphatic heterocycles. The predicted molar refractivity (Wildman–Crippen MR) is 76.8 cm³/mol. The van der Waals surface area contributed by atoms with Gasteiger partial charge in [0.05, 0.1) is 0 Å². The lowest BCUT2D eigenvalue weighted by Gasteiger charge is -2.46. The third-order valence-corrected chi connectivity index (χ3v) is 5.15. The second-order valence-corrected chi connectivity index (χ2v) is 6.55. The highest BCUT2D eigenvalue weighted by Crippen LogP contribution is 2.31. The van der Waals surface area contributed by atoms with E-state index in [1.807, 2.05) is 0 Å². The lowest BCUT2D eigenvalue weighted by atomic mass is 9.80. The summed E-state index contributed by atoms with van der Waals surface area (Å²) in [7, 11) is 0. The molecule has 2 aliphatic carbocycles. The molecular formula is C16H28N2. The summed E-state index contributed by atoms with van der Waals surface area (Å²) in [6, 6.07) is 0. The van der Waals surface area contributed by atoms with Crippen molar-refractivity contribution in [2.24, 2.45) is 0 Å². The Balaban J connectivity index is 1.50. The van der Waals surface area contributed by atoms with E-state index in [4.69, 9.17) is 0 Å². The molecule has 0 bridgehead atoms. The highest BCUT2D eigenvalue weighted by Gasteiger charge is 2.35. The molecule has 0 aromatic carbocycles. The van der Waals surface area contributed by atoms with Gasteiger partial charge in [-0.05, 0) is 38.5 Å². The molecule has 0 unspecified atom stereocenters. The molecule has 1 heterocycles. The molecule has 0 amide bonds. The van der Waals surface area contributed by atoms with Crippen LogP contribution in [-0.4, -0.2) is 36.6 Å². The summed E-state index contributed by atoms with van der Waals surface area (Å²) in [5, 5.41) is 3.84. The van der Waals surface area contributed by atoms with Crippen molar-refractivity contribution < 1.29 is 0 Å². The van der Waals surface area contributed by atoms with Crippen LogP contribution in [0.2, 0.25) is 0 Å². The van der Waals surface area contributed by atoms with Crippen molar-refractivity contribution in [2.45, 2.75) is 63.3 Å². The Labute approximate surface area is 112 Å². The van der Waals surface area contributed by atoms with Crippen molar-refractivity contribution in [3.05, 3.63) is 11.6 Å². The normalized spacial score (nSPS) is 28.6. The van der Waals surface area contributed by atoms with Crippen LogP contribution in [0, 0.1) is 0 Å². The topological polar surface area (TPSA) is 15.3 Å². The average molecular weight is 248 g/mol. The number of hydrogen-bond donors (Lipinski definition) is 1. The number of nitrogens with one attached hydrogen (secondary N) is 1. The van der Waals surface area contributed by atoms with E-state index in [2.05, 4.69) is 16.3 Å². The molecule has 102 valence electrons. The fourth-order valence-electron chi connectivity index (χ4n) is 4.06. The van der Waals surface area contributed by atoms with Gasteiger partial charge < -0.3 is 5.32 Å². The minimum Gasteiger partial charge on any atom is -0.309 e. The molecule has 1 saturated carbocycles. The molecule has 0 aromatic heterocycles. The fourth-order valence-corrected chi connectivity index (χ4v) is 4.06. The van der Waals surface area contributed by atoms with Gasteiger partial charge in [-0.3, -0.25) is 4.90 Å². The van der Waals surface area contributed by atoms with Crippen LogP contribution < -0.4 is 5.32 Å². The fraction of sp³-hybridized carbons (Fsp3) is 0.875. The third kappa shape index (κ3) is 2.97. The largest absolute Gasteiger partial charge is 0.309 e. The smallest absolute Gasteiger partial charge is 0.0309 e. The molecule has 3 rings (SSSR count). The molecule has 2 nitrogen and oxygen atoms in total. The van der Waals surface area contributed by atoms with Crippen molar-refractivity contribution in [1.82, 2.24) is 10.2 Å². The summed E-state index contributed by atoms with van der Waals surface area (Å²) in [4.78, 5) is 2.72. The minimum atomic E-state index is 0.487. The van der Waals surface area contributed by atoms with Gasteiger partial charge in [-0.1, -0.05) is 30.9 Å². The van der Waals surface area contributed by atoms with Gasteiger partial charge in [0, 0.05) is 31.7 Å². The summed E-state index contributed by atoms with van der Waals surface area (Å²) in [5.74, 6) is 0. The van der Waals surface area contributed by atoms with E-state index < -0.39 is 0 Å². The van der Waals surface area contributed by atoms with E-state index in [0.29, 0.717) is 5.54 Å². The summed E-state index contributed by atoms with van der Waals surface area (Å²) >= 11 is 0. The highest BCUT2D eigenvalue weighted by molar-refractivity contribution is 5.08. The van der Waals surface area contributed by atoms with Crippen molar-refractivity contribution in [1.29, 1.82) is 0 Å². The molecule has 1 spiro atoms. The first-order valence-corrected chi connectivity index (χ1v) is 8.02. The van der Waals surface area contributed by atoms with Crippen molar-refractivity contribution >= 4 is 0 Å². The quantitative estimate of drug-likeness (QED) is 0.772. The van der Waals surface area contributed by atoms with Gasteiger partial charge in [0.15, 0.2) is 0 Å². The monoisotopic (exact) mass is 248 g/mol. The van der Waals surface area contributed by atoms with Crippen molar-refractivity contribution in [2.75, 3.05) is 26.2 Å². The van der Waals surface area contributed by atoms with E-state index in [0.717, 1.165) is 0 Å². The molecule has 2 fully saturated rings. The zero-order valence-corrected chi connectivity index (χ0v) is 11.7. The first-order valence-electron chi connectivity index (χ1n) is 8.02. The summed E-state index contributed by atoms with van der Waals surface area (Å²) < 4.78 is 0. The molecular weight excluding hydrogens is 220 g/mol. The van der Waals surface area contributed by atoms with E-state index in [-0.39, 0.29) is 0 Å². The molecule has 18 heavy (non-hydrogen) atoms. The molecule has 0 aromatic rings. The standard InChI is InChI=1S/C16H28N2/c1-4-9-16(10-5-1)14-18(13-11-17-16)12-8-15-6-2-3-7-15/h6,17H,1-5,7-14H2. The van der Waals surface area contributed by atoms with Crippen LogP contribution in [0.15, 0.2) is 11.6 Å². The Morgan fingerprint density at radius 3 is 2.83 bits per heavy atom. The van der Waals surface area contributed by atoms with Gasteiger partial charge in [0.1, 0.15) is 0 Å². The minimum absolute atomic E-state index is 0.487. The van der Waals surface area contributed by atoms with Crippen molar-refractivity contribution in [3.63, 3.8) is 0 Å². The number of piperazine rings is 1. The number of rotatable bonds is 3. The Morgan fingerprint density at radius 1 is 1.17 bits per heavy atom. The number of hydrogen-bond acceptors (Lipinski definition) is 2. The SMILES string of the molecule is C1=C(CCN2CCNC3(CCCCC3)C2)CCC1. The van der Waals surface area contributed by atoms with Crippen LogP contribution in [0.5, 0.6) is 0 Å². The first-order chi connectivity index (χ1) is 8.86. The summed E-state index contributed by atoms with van der Waals surface area (Å²) in [6.07, 6.45) is 15.1. The van der Waals surface area contributed by atoms with Crippen LogP contribution in [0.25, 0.3) is 0 Å². The van der Waals surface area contributed by atoms with E-state index >= 15 is 0 Å². The van der Waals surface area contributed by atoms with Gasteiger partial charge >= 0.3 is 0 Å². The van der Waals surface area contributed by atoms with Crippen LogP contribution in [0.4, 0.5) is 0 Å². The van der Waals surface area contributed by atoms with Crippen LogP contribution >= 0.6 is 0 Å². The highest BCUT2D eigenvalue weighted by atomic mass is 15.2. The number of nitrogens with zero attached hydrogens (tertiary/aromatic N) is 1.